The van der Waals surface area contributed by atoms with E-state index in [2.05, 4.69) is 0 Å². The highest BCUT2D eigenvalue weighted by atomic mass is 32.2. The third kappa shape index (κ3) is 3.01. The molecule has 22 heavy (non-hydrogen) atoms. The van der Waals surface area contributed by atoms with Gasteiger partial charge < -0.3 is 9.47 Å². The van der Waals surface area contributed by atoms with Gasteiger partial charge in [-0.1, -0.05) is 18.2 Å². The standard InChI is InChI=1S/C15H14O6S/c1-18-14(16)10-7-11(13-12(8-10)20-22-21-13)19-15(17)9-5-3-2-4-6-9/h2-6,8,11-13H,7H2,1H3/t11-,12-,13+/m1/s1. The number of rotatable bonds is 3. The van der Waals surface area contributed by atoms with E-state index in [0.29, 0.717) is 11.1 Å². The smallest absolute Gasteiger partial charge is 0.338 e. The van der Waals surface area contributed by atoms with Crippen LogP contribution in [0.1, 0.15) is 16.8 Å². The zero-order valence-corrected chi connectivity index (χ0v) is 12.6. The minimum atomic E-state index is -0.605. The Labute approximate surface area is 131 Å². The van der Waals surface area contributed by atoms with Crippen LogP contribution in [0.2, 0.25) is 0 Å². The Hall–Kier alpha value is -1.83. The maximum absolute atomic E-state index is 12.2. The fraction of sp³-hybridized carbons (Fsp3) is 0.333. The van der Waals surface area contributed by atoms with E-state index >= 15 is 0 Å². The first-order chi connectivity index (χ1) is 10.7. The van der Waals surface area contributed by atoms with Crippen molar-refractivity contribution >= 4 is 24.3 Å². The first-order valence-corrected chi connectivity index (χ1v) is 7.39. The van der Waals surface area contributed by atoms with Crippen LogP contribution in [0.25, 0.3) is 0 Å². The molecule has 2 aliphatic rings. The van der Waals surface area contributed by atoms with Crippen LogP contribution in [0.5, 0.6) is 0 Å². The summed E-state index contributed by atoms with van der Waals surface area (Å²) in [6, 6.07) is 8.66. The molecular weight excluding hydrogens is 308 g/mol. The molecule has 1 aromatic rings. The zero-order valence-electron chi connectivity index (χ0n) is 11.8. The quantitative estimate of drug-likeness (QED) is 0.623. The maximum atomic E-state index is 12.2. The molecule has 0 N–H and O–H groups in total. The molecule has 1 heterocycles. The van der Waals surface area contributed by atoms with Gasteiger partial charge in [-0.3, -0.25) is 8.37 Å². The van der Waals surface area contributed by atoms with E-state index in [4.69, 9.17) is 17.8 Å². The van der Waals surface area contributed by atoms with E-state index in [-0.39, 0.29) is 6.42 Å². The number of esters is 2. The summed E-state index contributed by atoms with van der Waals surface area (Å²) < 4.78 is 20.9. The molecule has 0 unspecified atom stereocenters. The van der Waals surface area contributed by atoms with Crippen LogP contribution in [-0.2, 0) is 22.6 Å². The maximum Gasteiger partial charge on any atom is 0.338 e. The molecular formula is C15H14O6S. The Morgan fingerprint density at radius 1 is 1.18 bits per heavy atom. The number of fused-ring (bicyclic) bond motifs is 1. The lowest BCUT2D eigenvalue weighted by Gasteiger charge is -2.28. The normalized spacial score (nSPS) is 26.8. The predicted molar refractivity (Wildman–Crippen MR) is 77.7 cm³/mol. The van der Waals surface area contributed by atoms with Crippen LogP contribution in [0, 0.1) is 0 Å². The third-order valence-electron chi connectivity index (χ3n) is 3.49. The highest BCUT2D eigenvalue weighted by molar-refractivity contribution is 7.90. The molecule has 0 aromatic heterocycles. The summed E-state index contributed by atoms with van der Waals surface area (Å²) in [5.74, 6) is -0.921. The molecule has 7 heteroatoms. The van der Waals surface area contributed by atoms with Crippen molar-refractivity contribution in [2.75, 3.05) is 7.11 Å². The Morgan fingerprint density at radius 3 is 2.68 bits per heavy atom. The number of methoxy groups -OCH3 is 1. The second-order valence-corrected chi connectivity index (χ2v) is 5.41. The van der Waals surface area contributed by atoms with Gasteiger partial charge in [0.05, 0.1) is 12.7 Å². The van der Waals surface area contributed by atoms with Gasteiger partial charge in [0.25, 0.3) is 0 Å². The zero-order chi connectivity index (χ0) is 15.5. The van der Waals surface area contributed by atoms with Crippen molar-refractivity contribution in [1.29, 1.82) is 0 Å². The lowest BCUT2D eigenvalue weighted by molar-refractivity contribution is -0.137. The number of hydrogen-bond donors (Lipinski definition) is 0. The predicted octanol–water partition coefficient (Wildman–Crippen LogP) is 2.06. The summed E-state index contributed by atoms with van der Waals surface area (Å²) in [7, 11) is 1.31. The summed E-state index contributed by atoms with van der Waals surface area (Å²) >= 11 is 0.839. The van der Waals surface area contributed by atoms with Crippen molar-refractivity contribution in [3.63, 3.8) is 0 Å². The van der Waals surface area contributed by atoms with Gasteiger partial charge in [-0.15, -0.1) is 0 Å². The SMILES string of the molecule is COC(=O)C1=C[C@H]2OSO[C@H]2[C@H](OC(=O)c2ccccc2)C1. The van der Waals surface area contributed by atoms with Crippen LogP contribution in [0.4, 0.5) is 0 Å². The average Bonchev–Trinajstić information content (AvgIpc) is 3.03. The van der Waals surface area contributed by atoms with Crippen molar-refractivity contribution < 1.29 is 27.4 Å². The van der Waals surface area contributed by atoms with Crippen molar-refractivity contribution in [2.45, 2.75) is 24.7 Å². The molecule has 1 aliphatic heterocycles. The van der Waals surface area contributed by atoms with Gasteiger partial charge in [0.1, 0.15) is 18.3 Å². The molecule has 1 fully saturated rings. The fourth-order valence-electron chi connectivity index (χ4n) is 2.39. The molecule has 116 valence electrons. The number of benzene rings is 1. The summed E-state index contributed by atoms with van der Waals surface area (Å²) in [6.07, 6.45) is 0.402. The van der Waals surface area contributed by atoms with Crippen LogP contribution in [0.3, 0.4) is 0 Å². The summed E-state index contributed by atoms with van der Waals surface area (Å²) in [5, 5.41) is 0. The van der Waals surface area contributed by atoms with Crippen molar-refractivity contribution in [2.24, 2.45) is 0 Å². The molecule has 0 amide bonds. The molecule has 1 aromatic carbocycles. The summed E-state index contributed by atoms with van der Waals surface area (Å²) in [5.41, 5.74) is 0.862. The van der Waals surface area contributed by atoms with Crippen molar-refractivity contribution in [3.05, 3.63) is 47.5 Å². The molecule has 3 rings (SSSR count). The van der Waals surface area contributed by atoms with Gasteiger partial charge in [0.15, 0.2) is 12.3 Å². The highest BCUT2D eigenvalue weighted by Crippen LogP contribution is 2.37. The first-order valence-electron chi connectivity index (χ1n) is 6.73. The largest absolute Gasteiger partial charge is 0.466 e. The molecule has 0 spiro atoms. The second kappa shape index (κ2) is 6.51. The van der Waals surface area contributed by atoms with E-state index < -0.39 is 30.3 Å². The van der Waals surface area contributed by atoms with Gasteiger partial charge >= 0.3 is 11.9 Å². The molecule has 3 atom stereocenters. The Bertz CT molecular complexity index is 599. The van der Waals surface area contributed by atoms with Gasteiger partial charge in [-0.05, 0) is 18.2 Å². The number of carbonyl (C=O) groups is 2. The minimum Gasteiger partial charge on any atom is -0.466 e. The summed E-state index contributed by atoms with van der Waals surface area (Å²) in [6.45, 7) is 0. The van der Waals surface area contributed by atoms with E-state index in [9.17, 15) is 9.59 Å². The van der Waals surface area contributed by atoms with Crippen molar-refractivity contribution in [1.82, 2.24) is 0 Å². The Balaban J connectivity index is 1.76. The van der Waals surface area contributed by atoms with E-state index in [0.717, 1.165) is 12.3 Å². The van der Waals surface area contributed by atoms with Gasteiger partial charge in [0.2, 0.25) is 0 Å². The molecule has 0 radical (unpaired) electrons. The van der Waals surface area contributed by atoms with Crippen LogP contribution in [0.15, 0.2) is 42.0 Å². The van der Waals surface area contributed by atoms with Crippen molar-refractivity contribution in [3.8, 4) is 0 Å². The second-order valence-electron chi connectivity index (χ2n) is 4.89. The highest BCUT2D eigenvalue weighted by Gasteiger charge is 2.44. The monoisotopic (exact) mass is 322 g/mol. The number of hydrogen-bond acceptors (Lipinski definition) is 7. The lowest BCUT2D eigenvalue weighted by atomic mass is 9.92. The molecule has 1 saturated heterocycles. The Morgan fingerprint density at radius 2 is 1.95 bits per heavy atom. The van der Waals surface area contributed by atoms with Gasteiger partial charge in [-0.2, -0.15) is 0 Å². The van der Waals surface area contributed by atoms with Crippen LogP contribution >= 0.6 is 12.3 Å². The first kappa shape index (κ1) is 15.1. The number of carbonyl (C=O) groups excluding carboxylic acids is 2. The van der Waals surface area contributed by atoms with Gasteiger partial charge in [0, 0.05) is 12.0 Å². The molecule has 1 aliphatic carbocycles. The lowest BCUT2D eigenvalue weighted by Crippen LogP contribution is -2.42. The Kier molecular flexibility index (Phi) is 4.47. The topological polar surface area (TPSA) is 71.1 Å². The molecule has 0 saturated carbocycles. The van der Waals surface area contributed by atoms with Crippen LogP contribution < -0.4 is 0 Å². The minimum absolute atomic E-state index is 0.232. The van der Waals surface area contributed by atoms with E-state index in [1.165, 1.54) is 7.11 Å². The average molecular weight is 322 g/mol. The van der Waals surface area contributed by atoms with E-state index in [1.54, 1.807) is 30.3 Å². The van der Waals surface area contributed by atoms with Crippen LogP contribution in [-0.4, -0.2) is 37.4 Å². The summed E-state index contributed by atoms with van der Waals surface area (Å²) in [4.78, 5) is 23.9. The molecule has 6 nitrogen and oxygen atoms in total. The fourth-order valence-corrected chi connectivity index (χ4v) is 3.01. The van der Waals surface area contributed by atoms with E-state index in [1.807, 2.05) is 6.07 Å². The van der Waals surface area contributed by atoms with Gasteiger partial charge in [-0.25, -0.2) is 9.59 Å². The molecule has 0 bridgehead atoms. The third-order valence-corrected chi connectivity index (χ3v) is 4.09. The number of ether oxygens (including phenoxy) is 2.